The summed E-state index contributed by atoms with van der Waals surface area (Å²) < 4.78 is 5.04. The molecule has 0 aromatic carbocycles. The monoisotopic (exact) mass is 284 g/mol. The van der Waals surface area contributed by atoms with E-state index in [1.54, 1.807) is 25.9 Å². The van der Waals surface area contributed by atoms with Gasteiger partial charge in [0.05, 0.1) is 0 Å². The molecule has 2 amide bonds. The van der Waals surface area contributed by atoms with E-state index < -0.39 is 11.1 Å². The van der Waals surface area contributed by atoms with Gasteiger partial charge in [0.1, 0.15) is 11.1 Å². The number of methoxy groups -OCH3 is 1. The maximum Gasteiger partial charge on any atom is 0.248 e. The van der Waals surface area contributed by atoms with E-state index in [0.29, 0.717) is 26.0 Å². The van der Waals surface area contributed by atoms with Gasteiger partial charge in [-0.15, -0.1) is 0 Å². The van der Waals surface area contributed by atoms with Crippen molar-refractivity contribution in [2.45, 2.75) is 64.5 Å². The number of piperazine rings is 1. The Hall–Kier alpha value is -1.10. The maximum absolute atomic E-state index is 12.7. The lowest BCUT2D eigenvalue weighted by Crippen LogP contribution is -2.74. The number of carbonyl (C=O) groups is 2. The lowest BCUT2D eigenvalue weighted by molar-refractivity contribution is -0.162. The Morgan fingerprint density at radius 1 is 1.15 bits per heavy atom. The summed E-state index contributed by atoms with van der Waals surface area (Å²) in [7, 11) is 1.67. The van der Waals surface area contributed by atoms with Crippen LogP contribution in [0.25, 0.3) is 0 Å². The molecule has 0 spiro atoms. The number of ether oxygens (including phenoxy) is 1. The number of hydrogen-bond donors (Lipinski definition) is 1. The first-order chi connectivity index (χ1) is 9.35. The van der Waals surface area contributed by atoms with Crippen LogP contribution in [0.4, 0.5) is 0 Å². The van der Waals surface area contributed by atoms with Gasteiger partial charge in [-0.1, -0.05) is 13.8 Å². The highest BCUT2D eigenvalue weighted by Gasteiger charge is 2.52. The molecule has 0 saturated carbocycles. The molecule has 0 bridgehead atoms. The van der Waals surface area contributed by atoms with Gasteiger partial charge in [0, 0.05) is 20.3 Å². The second kappa shape index (κ2) is 6.57. The van der Waals surface area contributed by atoms with Gasteiger partial charge in [-0.3, -0.25) is 9.59 Å². The van der Waals surface area contributed by atoms with Gasteiger partial charge in [-0.25, -0.2) is 0 Å². The van der Waals surface area contributed by atoms with Crippen molar-refractivity contribution < 1.29 is 14.3 Å². The smallest absolute Gasteiger partial charge is 0.248 e. The molecule has 1 saturated heterocycles. The van der Waals surface area contributed by atoms with Crippen LogP contribution in [0, 0.1) is 0 Å². The van der Waals surface area contributed by atoms with Gasteiger partial charge < -0.3 is 15.0 Å². The van der Waals surface area contributed by atoms with Gasteiger partial charge in [0.2, 0.25) is 11.8 Å². The van der Waals surface area contributed by atoms with Crippen LogP contribution in [-0.2, 0) is 14.3 Å². The molecule has 0 unspecified atom stereocenters. The molecule has 5 nitrogen and oxygen atoms in total. The number of rotatable bonds is 7. The largest absolute Gasteiger partial charge is 0.385 e. The maximum atomic E-state index is 12.7. The lowest BCUT2D eigenvalue weighted by Gasteiger charge is -2.50. The topological polar surface area (TPSA) is 58.6 Å². The van der Waals surface area contributed by atoms with Crippen molar-refractivity contribution in [3.8, 4) is 0 Å². The second-order valence-electron chi connectivity index (χ2n) is 5.97. The van der Waals surface area contributed by atoms with E-state index in [1.165, 1.54) is 0 Å². The van der Waals surface area contributed by atoms with Gasteiger partial charge >= 0.3 is 0 Å². The lowest BCUT2D eigenvalue weighted by atomic mass is 9.82. The molecular weight excluding hydrogens is 256 g/mol. The zero-order chi connectivity index (χ0) is 15.4. The number of amides is 2. The predicted molar refractivity (Wildman–Crippen MR) is 78.4 cm³/mol. The standard InChI is InChI=1S/C15H28N2O3/c1-6-15(7-2)12(18)16-14(3,4)13(19)17(15)10-8-9-11-20-5/h6-11H2,1-5H3,(H,16,18). The van der Waals surface area contributed by atoms with Crippen LogP contribution in [0.2, 0.25) is 0 Å². The Balaban J connectivity index is 2.95. The van der Waals surface area contributed by atoms with Crippen LogP contribution in [0.5, 0.6) is 0 Å². The van der Waals surface area contributed by atoms with Crippen LogP contribution >= 0.6 is 0 Å². The van der Waals surface area contributed by atoms with E-state index in [4.69, 9.17) is 4.74 Å². The highest BCUT2D eigenvalue weighted by Crippen LogP contribution is 2.32. The Labute approximate surface area is 122 Å². The molecule has 0 aliphatic carbocycles. The minimum absolute atomic E-state index is 0.0122. The summed E-state index contributed by atoms with van der Waals surface area (Å²) in [6, 6.07) is 0. The number of nitrogens with one attached hydrogen (secondary N) is 1. The first-order valence-corrected chi connectivity index (χ1v) is 7.49. The molecule has 1 N–H and O–H groups in total. The number of hydrogen-bond acceptors (Lipinski definition) is 3. The summed E-state index contributed by atoms with van der Waals surface area (Å²) in [5.74, 6) is -0.0166. The molecule has 0 aromatic heterocycles. The van der Waals surface area contributed by atoms with Gasteiger partial charge in [0.15, 0.2) is 0 Å². The molecule has 1 aliphatic heterocycles. The summed E-state index contributed by atoms with van der Waals surface area (Å²) in [4.78, 5) is 27.0. The molecule has 1 aliphatic rings. The minimum Gasteiger partial charge on any atom is -0.385 e. The van der Waals surface area contributed by atoms with E-state index in [1.807, 2.05) is 13.8 Å². The molecule has 1 fully saturated rings. The first kappa shape index (κ1) is 17.0. The fourth-order valence-corrected chi connectivity index (χ4v) is 2.89. The quantitative estimate of drug-likeness (QED) is 0.724. The second-order valence-corrected chi connectivity index (χ2v) is 5.97. The predicted octanol–water partition coefficient (Wildman–Crippen LogP) is 1.71. The third kappa shape index (κ3) is 2.97. The van der Waals surface area contributed by atoms with Crippen molar-refractivity contribution in [3.05, 3.63) is 0 Å². The van der Waals surface area contributed by atoms with Crippen molar-refractivity contribution in [2.24, 2.45) is 0 Å². The van der Waals surface area contributed by atoms with Crippen LogP contribution in [0.3, 0.4) is 0 Å². The molecule has 5 heteroatoms. The molecule has 0 atom stereocenters. The van der Waals surface area contributed by atoms with Crippen molar-refractivity contribution in [2.75, 3.05) is 20.3 Å². The first-order valence-electron chi connectivity index (χ1n) is 7.49. The van der Waals surface area contributed by atoms with Gasteiger partial charge in [-0.05, 0) is 39.5 Å². The average molecular weight is 284 g/mol. The number of carbonyl (C=O) groups excluding carboxylic acids is 2. The summed E-state index contributed by atoms with van der Waals surface area (Å²) in [5, 5.41) is 2.87. The molecule has 0 aromatic rings. The number of unbranched alkanes of at least 4 members (excludes halogenated alkanes) is 1. The molecule has 116 valence electrons. The van der Waals surface area contributed by atoms with Gasteiger partial charge in [-0.2, -0.15) is 0 Å². The Morgan fingerprint density at radius 3 is 2.25 bits per heavy atom. The molecule has 20 heavy (non-hydrogen) atoms. The van der Waals surface area contributed by atoms with Gasteiger partial charge in [0.25, 0.3) is 0 Å². The van der Waals surface area contributed by atoms with E-state index >= 15 is 0 Å². The highest BCUT2D eigenvalue weighted by atomic mass is 16.5. The highest BCUT2D eigenvalue weighted by molar-refractivity contribution is 6.01. The van der Waals surface area contributed by atoms with E-state index in [0.717, 1.165) is 12.8 Å². The molecular formula is C15H28N2O3. The van der Waals surface area contributed by atoms with Crippen LogP contribution in [0.1, 0.15) is 53.4 Å². The van der Waals surface area contributed by atoms with Crippen LogP contribution < -0.4 is 5.32 Å². The summed E-state index contributed by atoms with van der Waals surface area (Å²) in [6.07, 6.45) is 3.03. The summed E-state index contributed by atoms with van der Waals surface area (Å²) >= 11 is 0. The Bertz CT molecular complexity index is 362. The van der Waals surface area contributed by atoms with Crippen molar-refractivity contribution >= 4 is 11.8 Å². The molecule has 1 rings (SSSR count). The zero-order valence-corrected chi connectivity index (χ0v) is 13.4. The third-order valence-electron chi connectivity index (χ3n) is 4.30. The SMILES string of the molecule is CCC1(CC)C(=O)NC(C)(C)C(=O)N1CCCCOC. The fraction of sp³-hybridized carbons (Fsp3) is 0.867. The molecule has 1 heterocycles. The Kier molecular flexibility index (Phi) is 5.57. The van der Waals surface area contributed by atoms with Crippen molar-refractivity contribution in [1.29, 1.82) is 0 Å². The third-order valence-corrected chi connectivity index (χ3v) is 4.30. The van der Waals surface area contributed by atoms with Crippen LogP contribution in [-0.4, -0.2) is 48.1 Å². The van der Waals surface area contributed by atoms with E-state index in [2.05, 4.69) is 5.32 Å². The fourth-order valence-electron chi connectivity index (χ4n) is 2.89. The number of nitrogens with zero attached hydrogens (tertiary/aromatic N) is 1. The summed E-state index contributed by atoms with van der Waals surface area (Å²) in [5.41, 5.74) is -1.51. The zero-order valence-electron chi connectivity index (χ0n) is 13.4. The van der Waals surface area contributed by atoms with Crippen LogP contribution in [0.15, 0.2) is 0 Å². The van der Waals surface area contributed by atoms with E-state index in [9.17, 15) is 9.59 Å². The summed E-state index contributed by atoms with van der Waals surface area (Å²) in [6.45, 7) is 8.77. The normalized spacial score (nSPS) is 20.9. The minimum atomic E-state index is -0.813. The average Bonchev–Trinajstić information content (AvgIpc) is 2.40. The van der Waals surface area contributed by atoms with Crippen molar-refractivity contribution in [1.82, 2.24) is 10.2 Å². The Morgan fingerprint density at radius 2 is 1.75 bits per heavy atom. The van der Waals surface area contributed by atoms with E-state index in [-0.39, 0.29) is 11.8 Å². The van der Waals surface area contributed by atoms with Crippen molar-refractivity contribution in [3.63, 3.8) is 0 Å². The molecule has 0 radical (unpaired) electrons.